The highest BCUT2D eigenvalue weighted by Crippen LogP contribution is 2.39. The summed E-state index contributed by atoms with van der Waals surface area (Å²) in [5, 5.41) is 6.89. The van der Waals surface area contributed by atoms with E-state index in [9.17, 15) is 21.6 Å². The van der Waals surface area contributed by atoms with Gasteiger partial charge in [-0.2, -0.15) is 13.2 Å². The summed E-state index contributed by atoms with van der Waals surface area (Å²) in [4.78, 5) is 22.1. The second-order valence-electron chi connectivity index (χ2n) is 9.08. The zero-order valence-electron chi connectivity index (χ0n) is 21.4. The first-order valence-electron chi connectivity index (χ1n) is 11.9. The Hall–Kier alpha value is -3.30. The number of anilines is 1. The molecule has 1 saturated carbocycles. The number of halogens is 4. The number of carbonyl (C=O) groups is 1. The third kappa shape index (κ3) is 8.11. The summed E-state index contributed by atoms with van der Waals surface area (Å²) in [5.74, 6) is 0.305. The first kappa shape index (κ1) is 31.2. The third-order valence-electron chi connectivity index (χ3n) is 6.28. The van der Waals surface area contributed by atoms with Gasteiger partial charge in [0, 0.05) is 12.2 Å². The number of benzene rings is 1. The minimum absolute atomic E-state index is 0.0497. The Morgan fingerprint density at radius 1 is 1.18 bits per heavy atom. The zero-order valence-corrected chi connectivity index (χ0v) is 23.8. The summed E-state index contributed by atoms with van der Waals surface area (Å²) in [6, 6.07) is 8.22. The fraction of sp³-hybridized carbons (Fsp3) is 0.360. The lowest BCUT2D eigenvalue weighted by atomic mass is 9.79. The largest absolute Gasteiger partial charge is 0.483 e. The molecule has 2 aromatic heterocycles. The van der Waals surface area contributed by atoms with E-state index in [1.165, 1.54) is 43.0 Å². The number of hydrogen-bond donors (Lipinski definition) is 2. The van der Waals surface area contributed by atoms with Crippen molar-refractivity contribution in [1.82, 2.24) is 19.9 Å². The van der Waals surface area contributed by atoms with Crippen LogP contribution < -0.4 is 9.46 Å². The number of alkyl halides is 3. The molecule has 4 rings (SSSR count). The van der Waals surface area contributed by atoms with E-state index < -0.39 is 21.8 Å². The molecule has 2 N–H and O–H groups in total. The van der Waals surface area contributed by atoms with Gasteiger partial charge in [0.15, 0.2) is 0 Å². The highest BCUT2D eigenvalue weighted by molar-refractivity contribution is 9.10. The Morgan fingerprint density at radius 3 is 2.50 bits per heavy atom. The van der Waals surface area contributed by atoms with Crippen molar-refractivity contribution in [2.45, 2.75) is 48.4 Å². The summed E-state index contributed by atoms with van der Waals surface area (Å²) >= 11 is 3.36. The van der Waals surface area contributed by atoms with E-state index in [4.69, 9.17) is 14.6 Å². The number of sulfonamides is 1. The van der Waals surface area contributed by atoms with Crippen LogP contribution in [0.15, 0.2) is 64.5 Å². The fourth-order valence-electron chi connectivity index (χ4n) is 4.40. The molecule has 0 spiro atoms. The number of nitrogens with zero attached hydrogens (tertiary/aromatic N) is 4. The van der Waals surface area contributed by atoms with Gasteiger partial charge in [0.1, 0.15) is 23.1 Å². The maximum Gasteiger partial charge on any atom is 0.416 e. The first-order chi connectivity index (χ1) is 18.9. The molecule has 40 heavy (non-hydrogen) atoms. The number of nitrogens with one attached hydrogen (secondary N) is 1. The van der Waals surface area contributed by atoms with Crippen molar-refractivity contribution in [2.24, 2.45) is 0 Å². The van der Waals surface area contributed by atoms with Crippen molar-refractivity contribution in [1.29, 1.82) is 0 Å². The molecule has 15 heteroatoms. The highest BCUT2D eigenvalue weighted by Gasteiger charge is 2.36. The average molecular weight is 646 g/mol. The van der Waals surface area contributed by atoms with E-state index in [-0.39, 0.29) is 41.1 Å². The lowest BCUT2D eigenvalue weighted by Crippen LogP contribution is -2.46. The number of hydrogen-bond acceptors (Lipinski definition) is 8. The van der Waals surface area contributed by atoms with Gasteiger partial charge >= 0.3 is 6.18 Å². The van der Waals surface area contributed by atoms with Crippen LogP contribution in [0.2, 0.25) is 0 Å². The molecule has 1 aromatic carbocycles. The zero-order chi connectivity index (χ0) is 29.5. The molecule has 0 bridgehead atoms. The molecule has 216 valence electrons. The summed E-state index contributed by atoms with van der Waals surface area (Å²) in [6.07, 6.45) is 0.997. The van der Waals surface area contributed by atoms with E-state index in [0.29, 0.717) is 29.3 Å². The second kappa shape index (κ2) is 13.4. The second-order valence-corrected chi connectivity index (χ2v) is 11.6. The monoisotopic (exact) mass is 645 g/mol. The topological polar surface area (TPSA) is 135 Å². The van der Waals surface area contributed by atoms with Gasteiger partial charge in [-0.25, -0.2) is 23.4 Å². The van der Waals surface area contributed by atoms with Crippen LogP contribution in [0.4, 0.5) is 19.0 Å². The summed E-state index contributed by atoms with van der Waals surface area (Å²) in [6.45, 7) is -0.250. The van der Waals surface area contributed by atoms with E-state index in [2.05, 4.69) is 35.6 Å². The molecule has 2 heterocycles. The van der Waals surface area contributed by atoms with Crippen molar-refractivity contribution >= 4 is 38.2 Å². The fourth-order valence-corrected chi connectivity index (χ4v) is 5.98. The van der Waals surface area contributed by atoms with Crippen LogP contribution in [0, 0.1) is 0 Å². The Labute approximate surface area is 237 Å². The average Bonchev–Trinajstić information content (AvgIpc) is 2.90. The quantitative estimate of drug-likeness (QED) is 0.347. The van der Waals surface area contributed by atoms with Crippen LogP contribution >= 0.6 is 15.9 Å². The number of ether oxygens (including phenoxy) is 1. The van der Waals surface area contributed by atoms with Crippen LogP contribution in [-0.4, -0.2) is 66.1 Å². The van der Waals surface area contributed by atoms with Gasteiger partial charge in [0.25, 0.3) is 16.5 Å². The van der Waals surface area contributed by atoms with Crippen molar-refractivity contribution in [2.75, 3.05) is 18.8 Å². The normalized spacial score (nSPS) is 19.3. The summed E-state index contributed by atoms with van der Waals surface area (Å²) in [7, 11) is -0.148. The number of aromatic nitrogens is 3. The molecule has 0 amide bonds. The Bertz CT molecular complexity index is 1400. The Morgan fingerprint density at radius 2 is 1.90 bits per heavy atom. The predicted molar refractivity (Wildman–Crippen MR) is 143 cm³/mol. The van der Waals surface area contributed by atoms with E-state index in [0.717, 1.165) is 6.07 Å². The van der Waals surface area contributed by atoms with Gasteiger partial charge in [-0.15, -0.1) is 0 Å². The van der Waals surface area contributed by atoms with Crippen LogP contribution in [0.25, 0.3) is 0 Å². The maximum absolute atomic E-state index is 13.2. The number of rotatable bonds is 7. The molecule has 0 radical (unpaired) electrons. The lowest BCUT2D eigenvalue weighted by molar-refractivity contribution is -0.137. The molecule has 3 atom stereocenters. The van der Waals surface area contributed by atoms with Crippen LogP contribution in [0.1, 0.15) is 36.3 Å². The molecular weight excluding hydrogens is 619 g/mol. The molecule has 0 aliphatic heterocycles. The van der Waals surface area contributed by atoms with Gasteiger partial charge in [-0.05, 0) is 79.0 Å². The van der Waals surface area contributed by atoms with Gasteiger partial charge in [-0.1, -0.05) is 18.2 Å². The first-order valence-corrected chi connectivity index (χ1v) is 14.2. The number of carboxylic acid groups (broad SMARTS) is 1. The summed E-state index contributed by atoms with van der Waals surface area (Å²) < 4.78 is 73.9. The SMILES string of the molecule is CN(C)[C@H]1C[C@@H](c2cccc(C(F)(F)F)c2)CC[C@@H]1Oc1ncc(S(=O)(=O)Nc2ccncn2)cc1Br.O=CO. The minimum atomic E-state index is -4.39. The highest BCUT2D eigenvalue weighted by atomic mass is 79.9. The van der Waals surface area contributed by atoms with E-state index >= 15 is 0 Å². The van der Waals surface area contributed by atoms with Crippen molar-refractivity contribution in [3.05, 3.63) is 70.7 Å². The predicted octanol–water partition coefficient (Wildman–Crippen LogP) is 4.80. The lowest BCUT2D eigenvalue weighted by Gasteiger charge is -2.39. The smallest absolute Gasteiger partial charge is 0.416 e. The van der Waals surface area contributed by atoms with Crippen LogP contribution in [0.5, 0.6) is 5.88 Å². The molecule has 1 aliphatic rings. The molecule has 3 aromatic rings. The van der Waals surface area contributed by atoms with Crippen molar-refractivity contribution in [3.63, 3.8) is 0 Å². The van der Waals surface area contributed by atoms with E-state index in [1.54, 1.807) is 6.07 Å². The number of likely N-dealkylation sites (N-methyl/N-ethyl adjacent to an activating group) is 1. The Balaban J connectivity index is 0.00000141. The molecule has 1 fully saturated rings. The van der Waals surface area contributed by atoms with Gasteiger partial charge in [0.2, 0.25) is 5.88 Å². The Kier molecular flexibility index (Phi) is 10.4. The molecule has 1 aliphatic carbocycles. The molecule has 0 unspecified atom stereocenters. The summed E-state index contributed by atoms with van der Waals surface area (Å²) in [5.41, 5.74) is 0.00679. The molecule has 0 saturated heterocycles. The van der Waals surface area contributed by atoms with Crippen molar-refractivity contribution < 1.29 is 36.2 Å². The van der Waals surface area contributed by atoms with Gasteiger partial charge in [0.05, 0.1) is 16.2 Å². The maximum atomic E-state index is 13.2. The van der Waals surface area contributed by atoms with Gasteiger partial charge < -0.3 is 14.7 Å². The third-order valence-corrected chi connectivity index (χ3v) is 8.17. The number of pyridine rings is 1. The van der Waals surface area contributed by atoms with E-state index in [1.807, 2.05) is 19.0 Å². The minimum Gasteiger partial charge on any atom is -0.483 e. The standard InChI is InChI=1S/C24H25BrF3N5O3S.CH2O2/c1-33(2)20-11-16(15-4-3-5-17(10-15)24(26,27)28)6-7-21(20)36-23-19(25)12-18(13-30-23)37(34,35)32-22-8-9-29-14-31-22;2-1-3/h3-5,8-10,12-14,16,20-21H,6-7,11H2,1-2H3,(H,29,31,32);1H,(H,2,3)/t16-,20-,21-;/m0./s1. The van der Waals surface area contributed by atoms with Gasteiger partial charge in [-0.3, -0.25) is 9.52 Å². The molecule has 10 nitrogen and oxygen atoms in total. The molecular formula is C25H27BrF3N5O5S. The van der Waals surface area contributed by atoms with Crippen LogP contribution in [-0.2, 0) is 21.0 Å². The van der Waals surface area contributed by atoms with Crippen LogP contribution in [0.3, 0.4) is 0 Å². The van der Waals surface area contributed by atoms with Crippen molar-refractivity contribution in [3.8, 4) is 5.88 Å².